The highest BCUT2D eigenvalue weighted by atomic mass is 16.2. The number of hydrogen-bond acceptors (Lipinski definition) is 4. The van der Waals surface area contributed by atoms with Crippen LogP contribution in [0.4, 0.5) is 0 Å². The number of likely N-dealkylation sites (tertiary alicyclic amines) is 2. The molecule has 0 aromatic carbocycles. The summed E-state index contributed by atoms with van der Waals surface area (Å²) in [5, 5.41) is 0. The molecule has 2 amide bonds. The first-order chi connectivity index (χ1) is 13.0. The molecule has 1 atom stereocenters. The molecule has 2 aliphatic rings. The molecule has 8 heteroatoms. The van der Waals surface area contributed by atoms with Gasteiger partial charge >= 0.3 is 0 Å². The third kappa shape index (κ3) is 3.74. The summed E-state index contributed by atoms with van der Waals surface area (Å²) in [6.45, 7) is 4.75. The van der Waals surface area contributed by atoms with Crippen LogP contribution in [-0.4, -0.2) is 67.7 Å². The molecule has 2 aromatic rings. The van der Waals surface area contributed by atoms with Crippen molar-refractivity contribution in [2.45, 2.75) is 39.0 Å². The minimum absolute atomic E-state index is 0.00254. The summed E-state index contributed by atoms with van der Waals surface area (Å²) in [5.74, 6) is 0.584. The molecule has 0 bridgehead atoms. The molecule has 27 heavy (non-hydrogen) atoms. The first kappa shape index (κ1) is 17.8. The Morgan fingerprint density at radius 3 is 2.93 bits per heavy atom. The molecular formula is C19H26N6O2. The lowest BCUT2D eigenvalue weighted by atomic mass is 9.73. The van der Waals surface area contributed by atoms with Crippen LogP contribution in [-0.2, 0) is 11.2 Å². The van der Waals surface area contributed by atoms with Crippen LogP contribution >= 0.6 is 0 Å². The predicted molar refractivity (Wildman–Crippen MR) is 99.0 cm³/mol. The van der Waals surface area contributed by atoms with Gasteiger partial charge in [0.1, 0.15) is 0 Å². The van der Waals surface area contributed by atoms with Crippen LogP contribution in [0.15, 0.2) is 18.7 Å². The maximum atomic E-state index is 12.8. The van der Waals surface area contributed by atoms with E-state index in [0.29, 0.717) is 25.3 Å². The fourth-order valence-electron chi connectivity index (χ4n) is 4.37. The zero-order chi connectivity index (χ0) is 18.9. The molecule has 4 heterocycles. The number of aryl methyl sites for hydroxylation is 1. The zero-order valence-electron chi connectivity index (χ0n) is 15.7. The summed E-state index contributed by atoms with van der Waals surface area (Å²) in [4.78, 5) is 43.5. The molecular weight excluding hydrogens is 344 g/mol. The minimum Gasteiger partial charge on any atom is -0.348 e. The van der Waals surface area contributed by atoms with Gasteiger partial charge in [0.05, 0.1) is 6.33 Å². The summed E-state index contributed by atoms with van der Waals surface area (Å²) in [6, 6.07) is 0. The van der Waals surface area contributed by atoms with Crippen LogP contribution in [0.25, 0.3) is 0 Å². The summed E-state index contributed by atoms with van der Waals surface area (Å²) in [7, 11) is 0. The maximum absolute atomic E-state index is 12.8. The zero-order valence-corrected chi connectivity index (χ0v) is 15.7. The number of H-pyrrole nitrogens is 2. The molecule has 2 fully saturated rings. The van der Waals surface area contributed by atoms with Gasteiger partial charge in [-0.25, -0.2) is 9.97 Å². The van der Waals surface area contributed by atoms with Crippen LogP contribution < -0.4 is 0 Å². The highest BCUT2D eigenvalue weighted by molar-refractivity contribution is 5.90. The Hall–Kier alpha value is -2.64. The first-order valence-corrected chi connectivity index (χ1v) is 9.61. The Morgan fingerprint density at radius 2 is 2.19 bits per heavy atom. The van der Waals surface area contributed by atoms with Gasteiger partial charge in [-0.15, -0.1) is 0 Å². The average Bonchev–Trinajstić information content (AvgIpc) is 3.34. The molecule has 2 aliphatic heterocycles. The number of carbonyl (C=O) groups excluding carboxylic acids is 2. The molecule has 2 N–H and O–H groups in total. The second-order valence-electron chi connectivity index (χ2n) is 7.89. The number of imidazole rings is 2. The van der Waals surface area contributed by atoms with E-state index in [1.807, 2.05) is 16.7 Å². The number of nitrogens with one attached hydrogen (secondary N) is 2. The SMILES string of the molecule is Cc1cnc(C(=O)N2CCC[C@@]3(CCC(=O)N(CCc4cnc[nH]4)C3)C2)[nH]1. The van der Waals surface area contributed by atoms with E-state index in [2.05, 4.69) is 19.9 Å². The Labute approximate surface area is 158 Å². The molecule has 0 radical (unpaired) electrons. The molecule has 0 aliphatic carbocycles. The predicted octanol–water partition coefficient (Wildman–Crippen LogP) is 1.53. The van der Waals surface area contributed by atoms with E-state index < -0.39 is 0 Å². The van der Waals surface area contributed by atoms with Crippen LogP contribution in [0.3, 0.4) is 0 Å². The van der Waals surface area contributed by atoms with E-state index in [4.69, 9.17) is 0 Å². The third-order valence-electron chi connectivity index (χ3n) is 5.81. The smallest absolute Gasteiger partial charge is 0.289 e. The van der Waals surface area contributed by atoms with Crippen molar-refractivity contribution in [1.82, 2.24) is 29.7 Å². The lowest BCUT2D eigenvalue weighted by Gasteiger charge is -2.48. The van der Waals surface area contributed by atoms with E-state index in [1.165, 1.54) is 0 Å². The van der Waals surface area contributed by atoms with E-state index in [9.17, 15) is 9.59 Å². The molecule has 8 nitrogen and oxygen atoms in total. The van der Waals surface area contributed by atoms with Gasteiger partial charge in [0.25, 0.3) is 5.91 Å². The quantitative estimate of drug-likeness (QED) is 0.853. The van der Waals surface area contributed by atoms with E-state index in [0.717, 1.165) is 50.2 Å². The van der Waals surface area contributed by atoms with Crippen molar-refractivity contribution in [3.8, 4) is 0 Å². The highest BCUT2D eigenvalue weighted by Gasteiger charge is 2.43. The van der Waals surface area contributed by atoms with Gasteiger partial charge in [-0.1, -0.05) is 0 Å². The molecule has 2 saturated heterocycles. The lowest BCUT2D eigenvalue weighted by molar-refractivity contribution is -0.138. The van der Waals surface area contributed by atoms with Crippen LogP contribution in [0.2, 0.25) is 0 Å². The van der Waals surface area contributed by atoms with Crippen LogP contribution in [0, 0.1) is 12.3 Å². The van der Waals surface area contributed by atoms with E-state index in [1.54, 1.807) is 18.7 Å². The van der Waals surface area contributed by atoms with E-state index in [-0.39, 0.29) is 17.2 Å². The Balaban J connectivity index is 1.43. The fraction of sp³-hybridized carbons (Fsp3) is 0.579. The topological polar surface area (TPSA) is 98.0 Å². The van der Waals surface area contributed by atoms with Crippen molar-refractivity contribution in [3.63, 3.8) is 0 Å². The monoisotopic (exact) mass is 370 g/mol. The third-order valence-corrected chi connectivity index (χ3v) is 5.81. The van der Waals surface area contributed by atoms with Gasteiger partial charge in [0.2, 0.25) is 5.91 Å². The second kappa shape index (κ2) is 7.17. The molecule has 144 valence electrons. The van der Waals surface area contributed by atoms with Gasteiger partial charge in [0, 0.05) is 68.2 Å². The number of rotatable bonds is 4. The van der Waals surface area contributed by atoms with E-state index >= 15 is 0 Å². The average molecular weight is 370 g/mol. The number of nitrogens with zero attached hydrogens (tertiary/aromatic N) is 4. The standard InChI is InChI=1S/C19H26N6O2/c1-14-9-21-17(23-14)18(27)25-7-2-5-19(12-25)6-3-16(26)24(11-19)8-4-15-10-20-13-22-15/h9-10,13H,2-8,11-12H2,1H3,(H,20,22)(H,21,23)/t19-/m0/s1. The van der Waals surface area contributed by atoms with Crippen molar-refractivity contribution in [1.29, 1.82) is 0 Å². The van der Waals surface area contributed by atoms with Crippen LogP contribution in [0.5, 0.6) is 0 Å². The molecule has 1 spiro atoms. The van der Waals surface area contributed by atoms with Gasteiger partial charge < -0.3 is 19.8 Å². The van der Waals surface area contributed by atoms with Gasteiger partial charge in [-0.3, -0.25) is 9.59 Å². The molecule has 4 rings (SSSR count). The second-order valence-corrected chi connectivity index (χ2v) is 7.89. The maximum Gasteiger partial charge on any atom is 0.289 e. The summed E-state index contributed by atoms with van der Waals surface area (Å²) >= 11 is 0. The first-order valence-electron chi connectivity index (χ1n) is 9.61. The van der Waals surface area contributed by atoms with Gasteiger partial charge in [0.15, 0.2) is 5.82 Å². The molecule has 0 saturated carbocycles. The summed E-state index contributed by atoms with van der Waals surface area (Å²) in [6.07, 6.45) is 9.36. The van der Waals surface area contributed by atoms with Crippen molar-refractivity contribution in [2.75, 3.05) is 26.2 Å². The van der Waals surface area contributed by atoms with Gasteiger partial charge in [-0.2, -0.15) is 0 Å². The summed E-state index contributed by atoms with van der Waals surface area (Å²) in [5.41, 5.74) is 1.92. The number of amides is 2. The number of hydrogen-bond donors (Lipinski definition) is 2. The number of aromatic nitrogens is 4. The normalized spacial score (nSPS) is 23.2. The highest BCUT2D eigenvalue weighted by Crippen LogP contribution is 2.39. The van der Waals surface area contributed by atoms with Gasteiger partial charge in [-0.05, 0) is 26.2 Å². The Bertz CT molecular complexity index is 814. The van der Waals surface area contributed by atoms with Crippen molar-refractivity contribution in [3.05, 3.63) is 35.9 Å². The largest absolute Gasteiger partial charge is 0.348 e. The molecule has 2 aromatic heterocycles. The van der Waals surface area contributed by atoms with Crippen molar-refractivity contribution in [2.24, 2.45) is 5.41 Å². The van der Waals surface area contributed by atoms with Crippen LogP contribution in [0.1, 0.15) is 47.7 Å². The molecule has 0 unspecified atom stereocenters. The van der Waals surface area contributed by atoms with Crippen molar-refractivity contribution < 1.29 is 9.59 Å². The summed E-state index contributed by atoms with van der Waals surface area (Å²) < 4.78 is 0. The number of carbonyl (C=O) groups is 2. The lowest BCUT2D eigenvalue weighted by Crippen LogP contribution is -2.55. The minimum atomic E-state index is -0.0388. The Kier molecular flexibility index (Phi) is 4.72. The fourth-order valence-corrected chi connectivity index (χ4v) is 4.37. The number of aromatic amines is 2. The number of piperidine rings is 2. The van der Waals surface area contributed by atoms with Crippen molar-refractivity contribution >= 4 is 11.8 Å². The Morgan fingerprint density at radius 1 is 1.30 bits per heavy atom.